The van der Waals surface area contributed by atoms with E-state index in [1.165, 1.54) is 0 Å². The van der Waals surface area contributed by atoms with Gasteiger partial charge < -0.3 is 16.2 Å². The van der Waals surface area contributed by atoms with Crippen LogP contribution in [0.1, 0.15) is 24.8 Å². The molecule has 0 aromatic heterocycles. The molecule has 0 spiro atoms. The number of rotatable bonds is 8. The molecule has 0 radical (unpaired) electrons. The van der Waals surface area contributed by atoms with E-state index in [9.17, 15) is 14.4 Å². The fourth-order valence-electron chi connectivity index (χ4n) is 1.76. The van der Waals surface area contributed by atoms with Crippen molar-refractivity contribution < 1.29 is 19.5 Å². The predicted octanol–water partition coefficient (Wildman–Crippen LogP) is 0.454. The molecule has 0 saturated heterocycles. The zero-order valence-corrected chi connectivity index (χ0v) is 11.0. The van der Waals surface area contributed by atoms with Gasteiger partial charge in [-0.1, -0.05) is 30.3 Å². The Kier molecular flexibility index (Phi) is 6.22. The van der Waals surface area contributed by atoms with Crippen LogP contribution in [0.3, 0.4) is 0 Å². The minimum Gasteiger partial charge on any atom is -0.481 e. The average Bonchev–Trinajstić information content (AvgIpc) is 2.38. The Labute approximate surface area is 117 Å². The molecule has 1 aromatic rings. The summed E-state index contributed by atoms with van der Waals surface area (Å²) in [6.07, 6.45) is 1.08. The van der Waals surface area contributed by atoms with Gasteiger partial charge >= 0.3 is 5.97 Å². The molecule has 2 amide bonds. The molecule has 20 heavy (non-hydrogen) atoms. The number of primary amides is 1. The van der Waals surface area contributed by atoms with Crippen LogP contribution in [0, 0.1) is 0 Å². The third-order valence-electron chi connectivity index (χ3n) is 2.77. The Bertz CT molecular complexity index is 473. The lowest BCUT2D eigenvalue weighted by Crippen LogP contribution is -2.45. The van der Waals surface area contributed by atoms with Crippen LogP contribution in [-0.4, -0.2) is 28.9 Å². The van der Waals surface area contributed by atoms with E-state index >= 15 is 0 Å². The highest BCUT2D eigenvalue weighted by Gasteiger charge is 2.20. The van der Waals surface area contributed by atoms with Gasteiger partial charge in [0, 0.05) is 6.42 Å². The fourth-order valence-corrected chi connectivity index (χ4v) is 1.76. The second-order valence-electron chi connectivity index (χ2n) is 4.46. The van der Waals surface area contributed by atoms with Crippen LogP contribution in [0.4, 0.5) is 0 Å². The maximum atomic E-state index is 11.6. The van der Waals surface area contributed by atoms with Crippen molar-refractivity contribution >= 4 is 17.8 Å². The molecule has 0 aliphatic carbocycles. The first-order chi connectivity index (χ1) is 9.49. The third-order valence-corrected chi connectivity index (χ3v) is 2.77. The summed E-state index contributed by atoms with van der Waals surface area (Å²) in [5.41, 5.74) is 6.16. The van der Waals surface area contributed by atoms with Crippen LogP contribution in [0.5, 0.6) is 0 Å². The molecule has 1 aromatic carbocycles. The summed E-state index contributed by atoms with van der Waals surface area (Å²) in [5, 5.41) is 11.0. The van der Waals surface area contributed by atoms with Gasteiger partial charge in [0.25, 0.3) is 0 Å². The summed E-state index contributed by atoms with van der Waals surface area (Å²) in [7, 11) is 0. The SMILES string of the molecule is NC(=O)C(CC(=O)O)NC(=O)CCCc1ccccc1. The number of hydrogen-bond acceptors (Lipinski definition) is 3. The van der Waals surface area contributed by atoms with E-state index in [-0.39, 0.29) is 12.3 Å². The van der Waals surface area contributed by atoms with Crippen molar-refractivity contribution in [3.63, 3.8) is 0 Å². The lowest BCUT2D eigenvalue weighted by atomic mass is 10.1. The van der Waals surface area contributed by atoms with Crippen molar-refractivity contribution in [1.82, 2.24) is 5.32 Å². The Morgan fingerprint density at radius 2 is 1.85 bits per heavy atom. The van der Waals surface area contributed by atoms with Gasteiger partial charge in [-0.3, -0.25) is 14.4 Å². The largest absolute Gasteiger partial charge is 0.481 e. The summed E-state index contributed by atoms with van der Waals surface area (Å²) < 4.78 is 0. The minimum atomic E-state index is -1.18. The highest BCUT2D eigenvalue weighted by molar-refractivity contribution is 5.89. The predicted molar refractivity (Wildman–Crippen MR) is 72.8 cm³/mol. The molecule has 0 aliphatic rings. The number of nitrogens with one attached hydrogen (secondary N) is 1. The second kappa shape index (κ2) is 7.93. The number of benzene rings is 1. The Morgan fingerprint density at radius 1 is 1.20 bits per heavy atom. The van der Waals surface area contributed by atoms with Crippen LogP contribution >= 0.6 is 0 Å². The van der Waals surface area contributed by atoms with E-state index in [1.807, 2.05) is 30.3 Å². The maximum absolute atomic E-state index is 11.6. The van der Waals surface area contributed by atoms with Crippen LogP contribution in [0.2, 0.25) is 0 Å². The number of carbonyl (C=O) groups is 3. The number of amides is 2. The normalized spacial score (nSPS) is 11.6. The van der Waals surface area contributed by atoms with E-state index < -0.39 is 24.3 Å². The number of hydrogen-bond donors (Lipinski definition) is 3. The van der Waals surface area contributed by atoms with Gasteiger partial charge in [-0.05, 0) is 18.4 Å². The number of aryl methyl sites for hydroxylation is 1. The van der Waals surface area contributed by atoms with Gasteiger partial charge in [0.2, 0.25) is 11.8 Å². The average molecular weight is 278 g/mol. The standard InChI is InChI=1S/C14H18N2O4/c15-14(20)11(9-13(18)19)16-12(17)8-4-7-10-5-2-1-3-6-10/h1-3,5-6,11H,4,7-9H2,(H2,15,20)(H,16,17)(H,18,19). The van der Waals surface area contributed by atoms with Crippen molar-refractivity contribution in [3.05, 3.63) is 35.9 Å². The topological polar surface area (TPSA) is 109 Å². The molecule has 0 aliphatic heterocycles. The maximum Gasteiger partial charge on any atom is 0.305 e. The minimum absolute atomic E-state index is 0.221. The summed E-state index contributed by atoms with van der Waals surface area (Å²) >= 11 is 0. The molecular weight excluding hydrogens is 260 g/mol. The molecule has 0 bridgehead atoms. The Balaban J connectivity index is 2.35. The highest BCUT2D eigenvalue weighted by atomic mass is 16.4. The lowest BCUT2D eigenvalue weighted by molar-refractivity contribution is -0.140. The Hall–Kier alpha value is -2.37. The first-order valence-corrected chi connectivity index (χ1v) is 6.33. The summed E-state index contributed by atoms with van der Waals surface area (Å²) in [4.78, 5) is 33.2. The van der Waals surface area contributed by atoms with E-state index in [0.29, 0.717) is 6.42 Å². The molecule has 6 nitrogen and oxygen atoms in total. The number of carboxylic acid groups (broad SMARTS) is 1. The molecule has 0 heterocycles. The van der Waals surface area contributed by atoms with Gasteiger partial charge in [-0.25, -0.2) is 0 Å². The van der Waals surface area contributed by atoms with Gasteiger partial charge in [0.15, 0.2) is 0 Å². The van der Waals surface area contributed by atoms with Crippen LogP contribution < -0.4 is 11.1 Å². The van der Waals surface area contributed by atoms with Crippen molar-refractivity contribution in [1.29, 1.82) is 0 Å². The fraction of sp³-hybridized carbons (Fsp3) is 0.357. The number of carbonyl (C=O) groups excluding carboxylic acids is 2. The monoisotopic (exact) mass is 278 g/mol. The van der Waals surface area contributed by atoms with E-state index in [0.717, 1.165) is 12.0 Å². The van der Waals surface area contributed by atoms with Crippen LogP contribution in [0.25, 0.3) is 0 Å². The lowest BCUT2D eigenvalue weighted by Gasteiger charge is -2.13. The van der Waals surface area contributed by atoms with Crippen molar-refractivity contribution in [2.45, 2.75) is 31.7 Å². The van der Waals surface area contributed by atoms with E-state index in [4.69, 9.17) is 10.8 Å². The van der Waals surface area contributed by atoms with E-state index in [1.54, 1.807) is 0 Å². The second-order valence-corrected chi connectivity index (χ2v) is 4.46. The van der Waals surface area contributed by atoms with Crippen molar-refractivity contribution in [3.8, 4) is 0 Å². The first kappa shape index (κ1) is 15.7. The zero-order valence-electron chi connectivity index (χ0n) is 11.0. The third kappa shape index (κ3) is 5.99. The van der Waals surface area contributed by atoms with Crippen molar-refractivity contribution in [2.75, 3.05) is 0 Å². The molecule has 0 saturated carbocycles. The molecule has 0 fully saturated rings. The van der Waals surface area contributed by atoms with Crippen molar-refractivity contribution in [2.24, 2.45) is 5.73 Å². The molecule has 108 valence electrons. The molecule has 4 N–H and O–H groups in total. The number of nitrogens with two attached hydrogens (primary N) is 1. The Morgan fingerprint density at radius 3 is 2.40 bits per heavy atom. The molecule has 1 atom stereocenters. The summed E-state index contributed by atoms with van der Waals surface area (Å²) in [5.74, 6) is -2.40. The van der Waals surface area contributed by atoms with Gasteiger partial charge in [0.05, 0.1) is 6.42 Å². The molecular formula is C14H18N2O4. The van der Waals surface area contributed by atoms with Crippen LogP contribution in [-0.2, 0) is 20.8 Å². The van der Waals surface area contributed by atoms with Gasteiger partial charge in [-0.15, -0.1) is 0 Å². The highest BCUT2D eigenvalue weighted by Crippen LogP contribution is 2.04. The van der Waals surface area contributed by atoms with Gasteiger partial charge in [0.1, 0.15) is 6.04 Å². The van der Waals surface area contributed by atoms with Crippen LogP contribution in [0.15, 0.2) is 30.3 Å². The number of carboxylic acids is 1. The smallest absolute Gasteiger partial charge is 0.305 e. The first-order valence-electron chi connectivity index (χ1n) is 6.33. The quantitative estimate of drug-likeness (QED) is 0.641. The summed E-state index contributed by atoms with van der Waals surface area (Å²) in [6.45, 7) is 0. The summed E-state index contributed by atoms with van der Waals surface area (Å²) in [6, 6.07) is 8.54. The number of aliphatic carboxylic acids is 1. The molecule has 1 unspecified atom stereocenters. The molecule has 1 rings (SSSR count). The van der Waals surface area contributed by atoms with E-state index in [2.05, 4.69) is 5.32 Å². The zero-order chi connectivity index (χ0) is 15.0. The molecule has 6 heteroatoms. The van der Waals surface area contributed by atoms with Gasteiger partial charge in [-0.2, -0.15) is 0 Å².